The van der Waals surface area contributed by atoms with Crippen molar-refractivity contribution in [3.05, 3.63) is 11.8 Å². The van der Waals surface area contributed by atoms with Crippen LogP contribution in [0.2, 0.25) is 0 Å². The van der Waals surface area contributed by atoms with Gasteiger partial charge in [0, 0.05) is 24.9 Å². The molecular formula is C11H21NO2. The van der Waals surface area contributed by atoms with Gasteiger partial charge in [0.15, 0.2) is 0 Å². The lowest BCUT2D eigenvalue weighted by molar-refractivity contribution is -0.139. The number of esters is 1. The summed E-state index contributed by atoms with van der Waals surface area (Å²) in [6.07, 6.45) is 2.72. The van der Waals surface area contributed by atoms with Gasteiger partial charge >= 0.3 is 5.97 Å². The summed E-state index contributed by atoms with van der Waals surface area (Å²) in [6, 6.07) is 0. The van der Waals surface area contributed by atoms with Crippen molar-refractivity contribution in [2.75, 3.05) is 19.7 Å². The molecule has 0 aliphatic rings. The van der Waals surface area contributed by atoms with E-state index >= 15 is 0 Å². The van der Waals surface area contributed by atoms with Crippen molar-refractivity contribution < 1.29 is 9.53 Å². The molecule has 0 aliphatic heterocycles. The van der Waals surface area contributed by atoms with Crippen molar-refractivity contribution in [3.8, 4) is 0 Å². The molecule has 0 aliphatic carbocycles. The van der Waals surface area contributed by atoms with Crippen LogP contribution < -0.4 is 0 Å². The Morgan fingerprint density at radius 1 is 1.29 bits per heavy atom. The van der Waals surface area contributed by atoms with Gasteiger partial charge in [-0.15, -0.1) is 0 Å². The van der Waals surface area contributed by atoms with E-state index in [1.54, 1.807) is 6.92 Å². The lowest BCUT2D eigenvalue weighted by atomic mass is 10.3. The molecule has 0 bridgehead atoms. The SMILES string of the molecule is CCCOC(=O)/C(C)=C/N(CC)CC. The fraction of sp³-hybridized carbons (Fsp3) is 0.727. The number of hydrogen-bond acceptors (Lipinski definition) is 3. The van der Waals surface area contributed by atoms with E-state index in [1.165, 1.54) is 0 Å². The molecule has 0 N–H and O–H groups in total. The van der Waals surface area contributed by atoms with E-state index in [1.807, 2.05) is 13.1 Å². The van der Waals surface area contributed by atoms with Gasteiger partial charge in [-0.2, -0.15) is 0 Å². The zero-order valence-electron chi connectivity index (χ0n) is 9.67. The van der Waals surface area contributed by atoms with E-state index in [2.05, 4.69) is 18.7 Å². The minimum absolute atomic E-state index is 0.209. The summed E-state index contributed by atoms with van der Waals surface area (Å²) in [5.74, 6) is -0.209. The number of carbonyl (C=O) groups excluding carboxylic acids is 1. The van der Waals surface area contributed by atoms with Gasteiger partial charge in [-0.05, 0) is 27.2 Å². The molecule has 0 aromatic carbocycles. The van der Waals surface area contributed by atoms with Crippen LogP contribution in [0.5, 0.6) is 0 Å². The fourth-order valence-corrected chi connectivity index (χ4v) is 1.04. The van der Waals surface area contributed by atoms with E-state index in [4.69, 9.17) is 4.74 Å². The maximum Gasteiger partial charge on any atom is 0.335 e. The van der Waals surface area contributed by atoms with Gasteiger partial charge in [0.2, 0.25) is 0 Å². The van der Waals surface area contributed by atoms with Crippen LogP contribution in [0.15, 0.2) is 11.8 Å². The molecule has 82 valence electrons. The summed E-state index contributed by atoms with van der Waals surface area (Å²) in [7, 11) is 0. The summed E-state index contributed by atoms with van der Waals surface area (Å²) in [5, 5.41) is 0. The van der Waals surface area contributed by atoms with Crippen LogP contribution in [0.4, 0.5) is 0 Å². The Balaban J connectivity index is 4.13. The molecular weight excluding hydrogens is 178 g/mol. The van der Waals surface area contributed by atoms with Gasteiger partial charge in [0.25, 0.3) is 0 Å². The molecule has 0 fully saturated rings. The highest BCUT2D eigenvalue weighted by Gasteiger charge is 2.05. The molecule has 0 rings (SSSR count). The molecule has 0 saturated carbocycles. The normalized spacial score (nSPS) is 11.3. The first-order valence-electron chi connectivity index (χ1n) is 5.25. The molecule has 0 aromatic heterocycles. The molecule has 0 spiro atoms. The van der Waals surface area contributed by atoms with Crippen LogP contribution in [-0.2, 0) is 9.53 Å². The minimum Gasteiger partial charge on any atom is -0.462 e. The second-order valence-electron chi connectivity index (χ2n) is 3.17. The third-order valence-corrected chi connectivity index (χ3v) is 1.95. The Labute approximate surface area is 86.7 Å². The van der Waals surface area contributed by atoms with Crippen LogP contribution in [0.1, 0.15) is 34.1 Å². The smallest absolute Gasteiger partial charge is 0.335 e. The van der Waals surface area contributed by atoms with Crippen LogP contribution in [0.25, 0.3) is 0 Å². The van der Waals surface area contributed by atoms with Gasteiger partial charge in [-0.3, -0.25) is 0 Å². The number of hydrogen-bond donors (Lipinski definition) is 0. The number of nitrogens with zero attached hydrogens (tertiary/aromatic N) is 1. The molecule has 0 amide bonds. The molecule has 0 saturated heterocycles. The second-order valence-corrected chi connectivity index (χ2v) is 3.17. The van der Waals surface area contributed by atoms with E-state index in [0.29, 0.717) is 12.2 Å². The first kappa shape index (κ1) is 13.0. The first-order chi connectivity index (χ1) is 6.65. The second kappa shape index (κ2) is 7.42. The molecule has 0 aromatic rings. The maximum atomic E-state index is 11.4. The number of rotatable bonds is 6. The highest BCUT2D eigenvalue weighted by molar-refractivity contribution is 5.87. The average Bonchev–Trinajstić information content (AvgIpc) is 2.21. The standard InChI is InChI=1S/C11H21NO2/c1-5-8-14-11(13)10(4)9-12(6-2)7-3/h9H,5-8H2,1-4H3/b10-9+. The third kappa shape index (κ3) is 4.90. The van der Waals surface area contributed by atoms with Crippen LogP contribution in [0.3, 0.4) is 0 Å². The highest BCUT2D eigenvalue weighted by atomic mass is 16.5. The van der Waals surface area contributed by atoms with Gasteiger partial charge < -0.3 is 9.64 Å². The monoisotopic (exact) mass is 199 g/mol. The Morgan fingerprint density at radius 2 is 1.86 bits per heavy atom. The Hall–Kier alpha value is -0.990. The predicted molar refractivity (Wildman–Crippen MR) is 57.9 cm³/mol. The zero-order valence-corrected chi connectivity index (χ0v) is 9.67. The highest BCUT2D eigenvalue weighted by Crippen LogP contribution is 2.00. The quantitative estimate of drug-likeness (QED) is 0.485. The predicted octanol–water partition coefficient (Wildman–Crippen LogP) is 2.19. The van der Waals surface area contributed by atoms with Crippen molar-refractivity contribution >= 4 is 5.97 Å². The molecule has 0 radical (unpaired) electrons. The Bertz CT molecular complexity index is 195. The Kier molecular flexibility index (Phi) is 6.89. The maximum absolute atomic E-state index is 11.4. The Morgan fingerprint density at radius 3 is 2.29 bits per heavy atom. The van der Waals surface area contributed by atoms with Crippen molar-refractivity contribution in [1.82, 2.24) is 4.90 Å². The molecule has 0 heterocycles. The summed E-state index contributed by atoms with van der Waals surface area (Å²) < 4.78 is 5.01. The van der Waals surface area contributed by atoms with Crippen molar-refractivity contribution in [3.63, 3.8) is 0 Å². The molecule has 3 heteroatoms. The number of ether oxygens (including phenoxy) is 1. The van der Waals surface area contributed by atoms with Gasteiger partial charge in [-0.25, -0.2) is 4.79 Å². The van der Waals surface area contributed by atoms with Crippen molar-refractivity contribution in [2.45, 2.75) is 34.1 Å². The molecule has 0 atom stereocenters. The van der Waals surface area contributed by atoms with Crippen molar-refractivity contribution in [2.24, 2.45) is 0 Å². The van der Waals surface area contributed by atoms with Crippen LogP contribution >= 0.6 is 0 Å². The van der Waals surface area contributed by atoms with E-state index < -0.39 is 0 Å². The molecule has 3 nitrogen and oxygen atoms in total. The van der Waals surface area contributed by atoms with Crippen LogP contribution in [-0.4, -0.2) is 30.6 Å². The van der Waals surface area contributed by atoms with Gasteiger partial charge in [-0.1, -0.05) is 6.92 Å². The summed E-state index contributed by atoms with van der Waals surface area (Å²) >= 11 is 0. The average molecular weight is 199 g/mol. The molecule has 14 heavy (non-hydrogen) atoms. The zero-order chi connectivity index (χ0) is 11.0. The third-order valence-electron chi connectivity index (χ3n) is 1.95. The van der Waals surface area contributed by atoms with Crippen LogP contribution in [0, 0.1) is 0 Å². The topological polar surface area (TPSA) is 29.5 Å². The minimum atomic E-state index is -0.209. The lowest BCUT2D eigenvalue weighted by Gasteiger charge is -2.16. The first-order valence-corrected chi connectivity index (χ1v) is 5.25. The van der Waals surface area contributed by atoms with E-state index in [-0.39, 0.29) is 5.97 Å². The van der Waals surface area contributed by atoms with E-state index in [0.717, 1.165) is 19.5 Å². The molecule has 0 unspecified atom stereocenters. The fourth-order valence-electron chi connectivity index (χ4n) is 1.04. The van der Waals surface area contributed by atoms with E-state index in [9.17, 15) is 4.79 Å². The van der Waals surface area contributed by atoms with Gasteiger partial charge in [0.1, 0.15) is 0 Å². The lowest BCUT2D eigenvalue weighted by Crippen LogP contribution is -2.18. The van der Waals surface area contributed by atoms with Gasteiger partial charge in [0.05, 0.1) is 6.61 Å². The summed E-state index contributed by atoms with van der Waals surface area (Å²) in [6.45, 7) is 10.2. The van der Waals surface area contributed by atoms with Crippen molar-refractivity contribution in [1.29, 1.82) is 0 Å². The number of carbonyl (C=O) groups is 1. The summed E-state index contributed by atoms with van der Waals surface area (Å²) in [4.78, 5) is 13.4. The summed E-state index contributed by atoms with van der Waals surface area (Å²) in [5.41, 5.74) is 0.669. The largest absolute Gasteiger partial charge is 0.462 e.